The fraction of sp³-hybridized carbons (Fsp3) is 0.562. The van der Waals surface area contributed by atoms with Gasteiger partial charge in [0.05, 0.1) is 23.8 Å². The van der Waals surface area contributed by atoms with E-state index >= 15 is 0 Å². The van der Waals surface area contributed by atoms with E-state index in [9.17, 15) is 0 Å². The first-order chi connectivity index (χ1) is 9.72. The Kier molecular flexibility index (Phi) is 3.64. The lowest BCUT2D eigenvalue weighted by Gasteiger charge is -2.41. The Balaban J connectivity index is 1.72. The van der Waals surface area contributed by atoms with Crippen LogP contribution in [0, 0.1) is 11.3 Å². The first-order valence-electron chi connectivity index (χ1n) is 7.17. The van der Waals surface area contributed by atoms with Gasteiger partial charge in [-0.25, -0.2) is 0 Å². The third-order valence-electron chi connectivity index (χ3n) is 4.49. The Labute approximate surface area is 119 Å². The van der Waals surface area contributed by atoms with E-state index in [0.29, 0.717) is 11.6 Å². The number of ether oxygens (including phenoxy) is 2. The van der Waals surface area contributed by atoms with Crippen LogP contribution in [0.15, 0.2) is 24.3 Å². The Morgan fingerprint density at radius 2 is 2.10 bits per heavy atom. The molecule has 106 valence electrons. The molecule has 2 fully saturated rings. The maximum Gasteiger partial charge on any atom is 0.0991 e. The highest BCUT2D eigenvalue weighted by Gasteiger charge is 2.42. The first kappa shape index (κ1) is 13.4. The Morgan fingerprint density at radius 1 is 1.30 bits per heavy atom. The molecule has 0 saturated carbocycles. The van der Waals surface area contributed by atoms with Crippen molar-refractivity contribution in [1.82, 2.24) is 0 Å². The van der Waals surface area contributed by atoms with Gasteiger partial charge in [0.25, 0.3) is 0 Å². The summed E-state index contributed by atoms with van der Waals surface area (Å²) >= 11 is 0. The Hall–Kier alpha value is -1.57. The molecule has 0 amide bonds. The molecular weight excluding hydrogens is 252 g/mol. The predicted octanol–water partition coefficient (Wildman–Crippen LogP) is 2.33. The summed E-state index contributed by atoms with van der Waals surface area (Å²) in [6.45, 7) is 2.34. The van der Waals surface area contributed by atoms with E-state index in [4.69, 9.17) is 14.7 Å². The lowest BCUT2D eigenvalue weighted by molar-refractivity contribution is -0.0855. The first-order valence-corrected chi connectivity index (χ1v) is 7.17. The van der Waals surface area contributed by atoms with E-state index in [2.05, 4.69) is 18.0 Å². The lowest BCUT2D eigenvalue weighted by Crippen LogP contribution is -2.48. The zero-order valence-electron chi connectivity index (χ0n) is 11.8. The summed E-state index contributed by atoms with van der Waals surface area (Å²) in [5.74, 6) is 0. The molecule has 4 nitrogen and oxygen atoms in total. The van der Waals surface area contributed by atoms with Crippen molar-refractivity contribution >= 4 is 5.69 Å². The van der Waals surface area contributed by atoms with Gasteiger partial charge in [-0.15, -0.1) is 0 Å². The minimum atomic E-state index is -0.0657. The van der Waals surface area contributed by atoms with Crippen LogP contribution >= 0.6 is 0 Å². The van der Waals surface area contributed by atoms with Crippen molar-refractivity contribution in [2.75, 3.05) is 31.8 Å². The summed E-state index contributed by atoms with van der Waals surface area (Å²) in [6.07, 6.45) is 3.06. The molecular formula is C16H20N2O2. The second-order valence-electron chi connectivity index (χ2n) is 5.75. The Bertz CT molecular complexity index is 500. The number of anilines is 1. The molecule has 0 N–H and O–H groups in total. The summed E-state index contributed by atoms with van der Waals surface area (Å²) in [5, 5.41) is 8.86. The molecule has 2 saturated heterocycles. The number of benzene rings is 1. The van der Waals surface area contributed by atoms with E-state index in [0.717, 1.165) is 44.8 Å². The van der Waals surface area contributed by atoms with Crippen LogP contribution in [0.5, 0.6) is 0 Å². The average Bonchev–Trinajstić information content (AvgIpc) is 2.94. The van der Waals surface area contributed by atoms with E-state index in [1.807, 2.05) is 24.3 Å². The molecule has 1 aromatic rings. The van der Waals surface area contributed by atoms with Crippen LogP contribution in [0.3, 0.4) is 0 Å². The van der Waals surface area contributed by atoms with Crippen LogP contribution in [0.4, 0.5) is 5.69 Å². The van der Waals surface area contributed by atoms with Gasteiger partial charge < -0.3 is 14.4 Å². The fourth-order valence-corrected chi connectivity index (χ4v) is 3.18. The minimum absolute atomic E-state index is 0.0657. The Morgan fingerprint density at radius 3 is 2.75 bits per heavy atom. The average molecular weight is 272 g/mol. The number of hydrogen-bond donors (Lipinski definition) is 0. The van der Waals surface area contributed by atoms with Crippen LogP contribution in [-0.4, -0.2) is 38.5 Å². The maximum absolute atomic E-state index is 8.86. The fourth-order valence-electron chi connectivity index (χ4n) is 3.18. The third-order valence-corrected chi connectivity index (χ3v) is 4.49. The van der Waals surface area contributed by atoms with Crippen molar-refractivity contribution in [1.29, 1.82) is 5.26 Å². The zero-order valence-corrected chi connectivity index (χ0v) is 11.8. The lowest BCUT2D eigenvalue weighted by atomic mass is 9.89. The van der Waals surface area contributed by atoms with Crippen LogP contribution in [0.1, 0.15) is 24.8 Å². The molecule has 0 aromatic heterocycles. The van der Waals surface area contributed by atoms with E-state index in [-0.39, 0.29) is 5.60 Å². The van der Waals surface area contributed by atoms with Crippen LogP contribution in [0.2, 0.25) is 0 Å². The third kappa shape index (κ3) is 2.52. The van der Waals surface area contributed by atoms with Crippen molar-refractivity contribution in [3.63, 3.8) is 0 Å². The van der Waals surface area contributed by atoms with E-state index in [1.165, 1.54) is 0 Å². The molecule has 0 radical (unpaired) electrons. The topological polar surface area (TPSA) is 45.5 Å². The van der Waals surface area contributed by atoms with Crippen LogP contribution < -0.4 is 4.90 Å². The summed E-state index contributed by atoms with van der Waals surface area (Å²) in [7, 11) is 2.13. The zero-order chi connectivity index (χ0) is 14.0. The SMILES string of the molecule is CN(c1ccc(C#N)cc1)C1CCOC2(CCOC2)C1. The molecule has 0 aliphatic carbocycles. The monoisotopic (exact) mass is 272 g/mol. The highest BCUT2D eigenvalue weighted by Crippen LogP contribution is 2.35. The smallest absolute Gasteiger partial charge is 0.0991 e. The summed E-state index contributed by atoms with van der Waals surface area (Å²) in [5.41, 5.74) is 1.80. The van der Waals surface area contributed by atoms with Gasteiger partial charge in [0.1, 0.15) is 0 Å². The van der Waals surface area contributed by atoms with E-state index < -0.39 is 0 Å². The molecule has 1 spiro atoms. The van der Waals surface area contributed by atoms with Gasteiger partial charge in [-0.05, 0) is 37.1 Å². The molecule has 2 unspecified atom stereocenters. The van der Waals surface area contributed by atoms with Gasteiger partial charge >= 0.3 is 0 Å². The summed E-state index contributed by atoms with van der Waals surface area (Å²) in [6, 6.07) is 10.4. The van der Waals surface area contributed by atoms with E-state index in [1.54, 1.807) is 0 Å². The van der Waals surface area contributed by atoms with Crippen molar-refractivity contribution in [2.24, 2.45) is 0 Å². The van der Waals surface area contributed by atoms with Crippen molar-refractivity contribution < 1.29 is 9.47 Å². The minimum Gasteiger partial charge on any atom is -0.378 e. The number of nitrogens with zero attached hydrogens (tertiary/aromatic N) is 2. The van der Waals surface area contributed by atoms with Gasteiger partial charge in [-0.2, -0.15) is 5.26 Å². The highest BCUT2D eigenvalue weighted by molar-refractivity contribution is 5.50. The van der Waals surface area contributed by atoms with Crippen LogP contribution in [0.25, 0.3) is 0 Å². The molecule has 2 aliphatic heterocycles. The van der Waals surface area contributed by atoms with Gasteiger partial charge in [0, 0.05) is 38.4 Å². The second-order valence-corrected chi connectivity index (χ2v) is 5.75. The van der Waals surface area contributed by atoms with Gasteiger partial charge in [-0.1, -0.05) is 0 Å². The summed E-state index contributed by atoms with van der Waals surface area (Å²) in [4.78, 5) is 2.31. The molecule has 0 bridgehead atoms. The number of rotatable bonds is 2. The van der Waals surface area contributed by atoms with Crippen molar-refractivity contribution in [3.8, 4) is 6.07 Å². The molecule has 3 rings (SSSR count). The van der Waals surface area contributed by atoms with Crippen molar-refractivity contribution in [3.05, 3.63) is 29.8 Å². The molecule has 2 atom stereocenters. The maximum atomic E-state index is 8.86. The van der Waals surface area contributed by atoms with Crippen molar-refractivity contribution in [2.45, 2.75) is 30.9 Å². The van der Waals surface area contributed by atoms with Gasteiger partial charge in [0.15, 0.2) is 0 Å². The van der Waals surface area contributed by atoms with Crippen LogP contribution in [-0.2, 0) is 9.47 Å². The molecule has 1 aromatic carbocycles. The van der Waals surface area contributed by atoms with Gasteiger partial charge in [0.2, 0.25) is 0 Å². The van der Waals surface area contributed by atoms with Gasteiger partial charge in [-0.3, -0.25) is 0 Å². The standard InChI is InChI=1S/C16H20N2O2/c1-18(14-4-2-13(11-17)3-5-14)15-6-8-20-16(10-15)7-9-19-12-16/h2-5,15H,6-10,12H2,1H3. The molecule has 20 heavy (non-hydrogen) atoms. The predicted molar refractivity (Wildman–Crippen MR) is 76.7 cm³/mol. The molecule has 4 heteroatoms. The second kappa shape index (κ2) is 5.43. The quantitative estimate of drug-likeness (QED) is 0.829. The molecule has 2 aliphatic rings. The largest absolute Gasteiger partial charge is 0.378 e. The normalized spacial score (nSPS) is 29.3. The summed E-state index contributed by atoms with van der Waals surface area (Å²) < 4.78 is 11.5. The highest BCUT2D eigenvalue weighted by atomic mass is 16.6. The molecule has 2 heterocycles. The number of nitriles is 1. The number of hydrogen-bond acceptors (Lipinski definition) is 4.